The molecule has 4 aromatic heterocycles. The van der Waals surface area contributed by atoms with Gasteiger partial charge in [-0.25, -0.2) is 9.97 Å². The van der Waals surface area contributed by atoms with Crippen molar-refractivity contribution in [2.24, 2.45) is 0 Å². The third-order valence-corrected chi connectivity index (χ3v) is 11.6. The van der Waals surface area contributed by atoms with E-state index < -0.39 is 0 Å². The van der Waals surface area contributed by atoms with Gasteiger partial charge in [0.1, 0.15) is 28.0 Å². The number of hydrogen-bond acceptors (Lipinski definition) is 4. The summed E-state index contributed by atoms with van der Waals surface area (Å²) < 4.78 is 15.1. The van der Waals surface area contributed by atoms with E-state index in [9.17, 15) is 0 Å². The molecular formula is C50H27N3O2. The van der Waals surface area contributed by atoms with Gasteiger partial charge in [-0.3, -0.25) is 4.57 Å². The minimum absolute atomic E-state index is 0.590. The van der Waals surface area contributed by atoms with Gasteiger partial charge in [-0.15, -0.1) is 0 Å². The maximum absolute atomic E-state index is 6.63. The minimum Gasteiger partial charge on any atom is -0.456 e. The summed E-state index contributed by atoms with van der Waals surface area (Å²) >= 11 is 0. The quantitative estimate of drug-likeness (QED) is 0.168. The summed E-state index contributed by atoms with van der Waals surface area (Å²) in [5.74, 6) is 0.590. The predicted octanol–water partition coefficient (Wildman–Crippen LogP) is 13.7. The van der Waals surface area contributed by atoms with Crippen molar-refractivity contribution in [3.05, 3.63) is 164 Å². The van der Waals surface area contributed by atoms with E-state index >= 15 is 0 Å². The molecule has 0 fully saturated rings. The second-order valence-electron chi connectivity index (χ2n) is 14.4. The molecule has 0 spiro atoms. The van der Waals surface area contributed by atoms with Crippen molar-refractivity contribution < 1.29 is 8.83 Å². The SMILES string of the molecule is c1ccc2c(c1)ccc1c3c4c5ccccc5c5ccccc5c4ccc3n(-c3nc(-c4ccc5oc6ccccc6c5c4)c4oc5ccccc5c4n3)c21. The van der Waals surface area contributed by atoms with Crippen LogP contribution in [0.3, 0.4) is 0 Å². The monoisotopic (exact) mass is 701 g/mol. The number of rotatable bonds is 2. The number of para-hydroxylation sites is 2. The zero-order valence-electron chi connectivity index (χ0n) is 29.2. The van der Waals surface area contributed by atoms with Crippen LogP contribution >= 0.6 is 0 Å². The van der Waals surface area contributed by atoms with Gasteiger partial charge in [0.2, 0.25) is 5.95 Å². The molecule has 9 aromatic carbocycles. The Hall–Kier alpha value is -7.50. The standard InChI is InChI=1S/C50H27N3O2/c1-2-12-30-28(11-1)21-23-38-45-40(25-24-36-33-15-4-3-13-31(33)32-14-5-6-17-35(32)44(36)45)53(48(30)38)50-51-46(49-47(52-50)37-18-8-10-20-42(37)55-49)29-22-26-43-39(27-29)34-16-7-9-19-41(34)54-43/h1-27H. The molecule has 5 heteroatoms. The summed E-state index contributed by atoms with van der Waals surface area (Å²) in [6.45, 7) is 0. The lowest BCUT2D eigenvalue weighted by Crippen LogP contribution is -2.03. The Morgan fingerprint density at radius 1 is 0.400 bits per heavy atom. The van der Waals surface area contributed by atoms with Crippen LogP contribution in [0, 0.1) is 0 Å². The van der Waals surface area contributed by atoms with Crippen LogP contribution in [0.15, 0.2) is 173 Å². The normalized spacial score (nSPS) is 12.4. The molecule has 0 saturated carbocycles. The molecule has 5 nitrogen and oxygen atoms in total. The topological polar surface area (TPSA) is 57.0 Å². The summed E-state index contributed by atoms with van der Waals surface area (Å²) in [6, 6.07) is 57.8. The number of aromatic nitrogens is 3. The Morgan fingerprint density at radius 2 is 1.00 bits per heavy atom. The van der Waals surface area contributed by atoms with E-state index in [4.69, 9.17) is 18.8 Å². The Balaban J connectivity index is 1.22. The van der Waals surface area contributed by atoms with Crippen molar-refractivity contribution in [3.8, 4) is 17.2 Å². The third-order valence-electron chi connectivity index (χ3n) is 11.6. The average molecular weight is 702 g/mol. The van der Waals surface area contributed by atoms with Crippen molar-refractivity contribution >= 4 is 109 Å². The van der Waals surface area contributed by atoms with Crippen molar-refractivity contribution in [1.29, 1.82) is 0 Å². The van der Waals surface area contributed by atoms with Gasteiger partial charge in [0, 0.05) is 43.3 Å². The van der Waals surface area contributed by atoms with Crippen molar-refractivity contribution in [3.63, 3.8) is 0 Å². The number of fused-ring (bicyclic) bond motifs is 18. The van der Waals surface area contributed by atoms with Crippen molar-refractivity contribution in [1.82, 2.24) is 14.5 Å². The lowest BCUT2D eigenvalue weighted by Gasteiger charge is -2.13. The molecule has 55 heavy (non-hydrogen) atoms. The smallest absolute Gasteiger partial charge is 0.236 e. The first-order chi connectivity index (χ1) is 27.3. The summed E-state index contributed by atoms with van der Waals surface area (Å²) in [5, 5.41) is 15.1. The minimum atomic E-state index is 0.590. The maximum atomic E-state index is 6.63. The molecule has 0 aliphatic heterocycles. The molecule has 0 unspecified atom stereocenters. The lowest BCUT2D eigenvalue weighted by molar-refractivity contribution is 0.666. The van der Waals surface area contributed by atoms with Gasteiger partial charge >= 0.3 is 0 Å². The van der Waals surface area contributed by atoms with Crippen LogP contribution in [0.5, 0.6) is 0 Å². The largest absolute Gasteiger partial charge is 0.456 e. The van der Waals surface area contributed by atoms with Crippen molar-refractivity contribution in [2.45, 2.75) is 0 Å². The zero-order valence-corrected chi connectivity index (χ0v) is 29.2. The molecule has 0 saturated heterocycles. The van der Waals surface area contributed by atoms with Gasteiger partial charge in [-0.05, 0) is 74.8 Å². The van der Waals surface area contributed by atoms with Gasteiger partial charge in [0.15, 0.2) is 5.58 Å². The first kappa shape index (κ1) is 29.0. The number of furan rings is 2. The van der Waals surface area contributed by atoms with Gasteiger partial charge in [0.25, 0.3) is 0 Å². The number of nitrogens with zero attached hydrogens (tertiary/aromatic N) is 3. The van der Waals surface area contributed by atoms with Crippen LogP contribution in [-0.2, 0) is 0 Å². The Morgan fingerprint density at radius 3 is 1.80 bits per heavy atom. The summed E-state index contributed by atoms with van der Waals surface area (Å²) in [7, 11) is 0. The highest BCUT2D eigenvalue weighted by Crippen LogP contribution is 2.45. The van der Waals surface area contributed by atoms with Gasteiger partial charge < -0.3 is 8.83 Å². The van der Waals surface area contributed by atoms with Crippen LogP contribution in [0.25, 0.3) is 126 Å². The Bertz CT molecular complexity index is 3760. The van der Waals surface area contributed by atoms with E-state index in [1.54, 1.807) is 0 Å². The molecule has 0 bridgehead atoms. The van der Waals surface area contributed by atoms with E-state index in [0.717, 1.165) is 76.9 Å². The average Bonchev–Trinajstić information content (AvgIpc) is 3.93. The highest BCUT2D eigenvalue weighted by molar-refractivity contribution is 6.36. The van der Waals surface area contributed by atoms with E-state index in [2.05, 4.69) is 126 Å². The molecule has 254 valence electrons. The first-order valence-electron chi connectivity index (χ1n) is 18.6. The summed E-state index contributed by atoms with van der Waals surface area (Å²) in [6.07, 6.45) is 0. The number of benzene rings is 9. The van der Waals surface area contributed by atoms with E-state index in [0.29, 0.717) is 11.5 Å². The van der Waals surface area contributed by atoms with Crippen LogP contribution in [-0.4, -0.2) is 14.5 Å². The molecule has 0 aliphatic carbocycles. The van der Waals surface area contributed by atoms with Gasteiger partial charge in [-0.2, -0.15) is 0 Å². The van der Waals surface area contributed by atoms with Gasteiger partial charge in [0.05, 0.1) is 11.0 Å². The molecule has 0 atom stereocenters. The van der Waals surface area contributed by atoms with E-state index in [1.165, 1.54) is 37.7 Å². The maximum Gasteiger partial charge on any atom is 0.236 e. The van der Waals surface area contributed by atoms with E-state index in [1.807, 2.05) is 42.5 Å². The second-order valence-corrected chi connectivity index (χ2v) is 14.4. The molecule has 0 radical (unpaired) electrons. The molecule has 4 heterocycles. The van der Waals surface area contributed by atoms with E-state index in [-0.39, 0.29) is 0 Å². The second kappa shape index (κ2) is 10.6. The molecule has 13 rings (SSSR count). The lowest BCUT2D eigenvalue weighted by atomic mass is 9.91. The third kappa shape index (κ3) is 3.86. The highest BCUT2D eigenvalue weighted by atomic mass is 16.3. The fourth-order valence-corrected chi connectivity index (χ4v) is 9.22. The fourth-order valence-electron chi connectivity index (χ4n) is 9.22. The molecule has 0 amide bonds. The van der Waals surface area contributed by atoms with Gasteiger partial charge in [-0.1, -0.05) is 121 Å². The predicted molar refractivity (Wildman–Crippen MR) is 226 cm³/mol. The highest BCUT2D eigenvalue weighted by Gasteiger charge is 2.24. The molecule has 0 N–H and O–H groups in total. The first-order valence-corrected chi connectivity index (χ1v) is 18.6. The molecule has 13 aromatic rings. The fraction of sp³-hybridized carbons (Fsp3) is 0. The van der Waals surface area contributed by atoms with Crippen LogP contribution in [0.4, 0.5) is 0 Å². The zero-order chi connectivity index (χ0) is 35.8. The van der Waals surface area contributed by atoms with Crippen LogP contribution in [0.1, 0.15) is 0 Å². The number of hydrogen-bond donors (Lipinski definition) is 0. The molecular weight excluding hydrogens is 675 g/mol. The van der Waals surface area contributed by atoms with Crippen LogP contribution < -0.4 is 0 Å². The van der Waals surface area contributed by atoms with Crippen molar-refractivity contribution in [2.75, 3.05) is 0 Å². The Labute approximate surface area is 312 Å². The van der Waals surface area contributed by atoms with Crippen LogP contribution in [0.2, 0.25) is 0 Å². The summed E-state index contributed by atoms with van der Waals surface area (Å²) in [5.41, 5.74) is 7.69. The Kier molecular flexibility index (Phi) is 5.57. The molecule has 0 aliphatic rings. The summed E-state index contributed by atoms with van der Waals surface area (Å²) in [4.78, 5) is 10.9.